The van der Waals surface area contributed by atoms with E-state index in [1.54, 1.807) is 0 Å². The first kappa shape index (κ1) is 13.2. The molecule has 1 aromatic carbocycles. The zero-order valence-electron chi connectivity index (χ0n) is 7.08. The molecule has 0 bridgehead atoms. The van der Waals surface area contributed by atoms with Gasteiger partial charge in [0.2, 0.25) is 5.91 Å². The summed E-state index contributed by atoms with van der Waals surface area (Å²) in [6.07, 6.45) is 0. The second-order valence-corrected chi connectivity index (χ2v) is 4.36. The number of rotatable bonds is 2. The van der Waals surface area contributed by atoms with Crippen molar-refractivity contribution < 1.29 is 4.79 Å². The van der Waals surface area contributed by atoms with Crippen LogP contribution in [0, 0.1) is 0 Å². The molecule has 0 aromatic heterocycles. The highest BCUT2D eigenvalue weighted by Gasteiger charge is 2.15. The number of benzene rings is 1. The lowest BCUT2D eigenvalue weighted by molar-refractivity contribution is -0.113. The third kappa shape index (κ3) is 3.05. The number of anilines is 1. The number of hydrogen-bond acceptors (Lipinski definition) is 1. The first-order chi connectivity index (χ1) is 6.97. The van der Waals surface area contributed by atoms with Crippen LogP contribution in [0.5, 0.6) is 0 Å². The lowest BCUT2D eigenvalue weighted by atomic mass is 10.3. The van der Waals surface area contributed by atoms with Crippen LogP contribution in [-0.4, -0.2) is 11.8 Å². The van der Waals surface area contributed by atoms with Gasteiger partial charge in [-0.1, -0.05) is 46.4 Å². The molecule has 1 rings (SSSR count). The van der Waals surface area contributed by atoms with Gasteiger partial charge in [0.15, 0.2) is 0 Å². The van der Waals surface area contributed by atoms with E-state index in [-0.39, 0.29) is 31.7 Å². The summed E-state index contributed by atoms with van der Waals surface area (Å²) in [5.41, 5.74) is 0.168. The van der Waals surface area contributed by atoms with Crippen molar-refractivity contribution in [3.63, 3.8) is 0 Å². The van der Waals surface area contributed by atoms with Gasteiger partial charge in [0.1, 0.15) is 5.88 Å². The second-order valence-electron chi connectivity index (χ2n) is 2.52. The van der Waals surface area contributed by atoms with Gasteiger partial charge in [-0.2, -0.15) is 0 Å². The number of nitrogens with one attached hydrogen (secondary N) is 1. The second kappa shape index (κ2) is 5.46. The minimum absolute atomic E-state index is 0.129. The maximum absolute atomic E-state index is 11.1. The standard InChI is InChI=1S/C8H4Cl5NO/c9-2-5(15)14-8-6(12)3(10)1-4(11)7(8)13/h1H,2H2,(H,14,15). The lowest BCUT2D eigenvalue weighted by Gasteiger charge is -2.10. The van der Waals surface area contributed by atoms with Gasteiger partial charge in [0, 0.05) is 0 Å². The average molecular weight is 307 g/mol. The van der Waals surface area contributed by atoms with Gasteiger partial charge in [0.05, 0.1) is 25.8 Å². The highest BCUT2D eigenvalue weighted by Crippen LogP contribution is 2.40. The molecule has 0 unspecified atom stereocenters. The van der Waals surface area contributed by atoms with Crippen LogP contribution in [0.1, 0.15) is 0 Å². The smallest absolute Gasteiger partial charge is 0.239 e. The van der Waals surface area contributed by atoms with E-state index in [4.69, 9.17) is 58.0 Å². The highest BCUT2D eigenvalue weighted by molar-refractivity contribution is 6.50. The molecule has 0 spiro atoms. The lowest BCUT2D eigenvalue weighted by Crippen LogP contribution is -2.13. The summed E-state index contributed by atoms with van der Waals surface area (Å²) in [4.78, 5) is 11.1. The minimum Gasteiger partial charge on any atom is -0.322 e. The molecule has 15 heavy (non-hydrogen) atoms. The Morgan fingerprint density at radius 1 is 1.13 bits per heavy atom. The molecule has 0 aliphatic heterocycles. The van der Waals surface area contributed by atoms with Crippen molar-refractivity contribution >= 4 is 69.6 Å². The Morgan fingerprint density at radius 3 is 2.00 bits per heavy atom. The molecule has 0 aliphatic carbocycles. The third-order valence-electron chi connectivity index (χ3n) is 1.50. The first-order valence-electron chi connectivity index (χ1n) is 3.66. The monoisotopic (exact) mass is 305 g/mol. The summed E-state index contributed by atoms with van der Waals surface area (Å²) in [5.74, 6) is -0.657. The maximum Gasteiger partial charge on any atom is 0.239 e. The zero-order valence-corrected chi connectivity index (χ0v) is 10.9. The van der Waals surface area contributed by atoms with Crippen LogP contribution in [0.15, 0.2) is 6.07 Å². The van der Waals surface area contributed by atoms with Crippen LogP contribution in [0.4, 0.5) is 5.69 Å². The predicted octanol–water partition coefficient (Wildman–Crippen LogP) is 4.48. The van der Waals surface area contributed by atoms with E-state index in [0.29, 0.717) is 0 Å². The van der Waals surface area contributed by atoms with Gasteiger partial charge >= 0.3 is 0 Å². The number of carbonyl (C=O) groups excluding carboxylic acids is 1. The molecule has 1 aromatic rings. The number of hydrogen-bond donors (Lipinski definition) is 1. The molecule has 0 saturated heterocycles. The summed E-state index contributed by atoms with van der Waals surface area (Å²) in [5, 5.41) is 3.07. The van der Waals surface area contributed by atoms with Crippen molar-refractivity contribution in [3.05, 3.63) is 26.2 Å². The number of halogens is 5. The zero-order chi connectivity index (χ0) is 11.6. The molecule has 0 heterocycles. The fourth-order valence-electron chi connectivity index (χ4n) is 0.856. The molecule has 0 saturated carbocycles. The molecular weight excluding hydrogens is 303 g/mol. The number of amides is 1. The summed E-state index contributed by atoms with van der Waals surface area (Å²) >= 11 is 28.5. The van der Waals surface area contributed by atoms with E-state index in [0.717, 1.165) is 0 Å². The normalized spacial score (nSPS) is 10.2. The van der Waals surface area contributed by atoms with Gasteiger partial charge in [0.25, 0.3) is 0 Å². The highest BCUT2D eigenvalue weighted by atomic mass is 35.5. The van der Waals surface area contributed by atoms with Crippen molar-refractivity contribution in [1.82, 2.24) is 0 Å². The van der Waals surface area contributed by atoms with E-state index in [1.165, 1.54) is 6.07 Å². The average Bonchev–Trinajstić information content (AvgIpc) is 2.21. The topological polar surface area (TPSA) is 29.1 Å². The van der Waals surface area contributed by atoms with Gasteiger partial charge < -0.3 is 5.32 Å². The van der Waals surface area contributed by atoms with Crippen molar-refractivity contribution in [2.45, 2.75) is 0 Å². The maximum atomic E-state index is 11.1. The molecule has 0 aliphatic rings. The summed E-state index contributed by atoms with van der Waals surface area (Å²) < 4.78 is 0. The van der Waals surface area contributed by atoms with Crippen molar-refractivity contribution in [2.24, 2.45) is 0 Å². The van der Waals surface area contributed by atoms with Crippen LogP contribution in [0.25, 0.3) is 0 Å². The van der Waals surface area contributed by atoms with E-state index >= 15 is 0 Å². The quantitative estimate of drug-likeness (QED) is 0.633. The van der Waals surface area contributed by atoms with Crippen molar-refractivity contribution in [1.29, 1.82) is 0 Å². The van der Waals surface area contributed by atoms with E-state index < -0.39 is 5.91 Å². The van der Waals surface area contributed by atoms with Gasteiger partial charge in [-0.05, 0) is 6.07 Å². The third-order valence-corrected chi connectivity index (χ3v) is 3.32. The van der Waals surface area contributed by atoms with Crippen LogP contribution >= 0.6 is 58.0 Å². The first-order valence-corrected chi connectivity index (χ1v) is 5.70. The molecule has 0 atom stereocenters. The molecule has 7 heteroatoms. The largest absolute Gasteiger partial charge is 0.322 e. The van der Waals surface area contributed by atoms with E-state index in [1.807, 2.05) is 0 Å². The van der Waals surface area contributed by atoms with Crippen LogP contribution < -0.4 is 5.32 Å². The summed E-state index contributed by atoms with van der Waals surface area (Å²) in [6.45, 7) is 0. The SMILES string of the molecule is O=C(CCl)Nc1c(Cl)c(Cl)cc(Cl)c1Cl. The number of carbonyl (C=O) groups is 1. The molecule has 0 radical (unpaired) electrons. The van der Waals surface area contributed by atoms with Gasteiger partial charge in [-0.15, -0.1) is 11.6 Å². The molecule has 1 amide bonds. The van der Waals surface area contributed by atoms with Gasteiger partial charge in [-0.3, -0.25) is 4.79 Å². The van der Waals surface area contributed by atoms with Crippen LogP contribution in [0.2, 0.25) is 20.1 Å². The summed E-state index contributed by atoms with van der Waals surface area (Å²) in [6, 6.07) is 1.39. The Hall–Kier alpha value is 0.140. The van der Waals surface area contributed by atoms with Crippen molar-refractivity contribution in [3.8, 4) is 0 Å². The Kier molecular flexibility index (Phi) is 4.81. The van der Waals surface area contributed by atoms with Gasteiger partial charge in [-0.25, -0.2) is 0 Å². The fraction of sp³-hybridized carbons (Fsp3) is 0.125. The minimum atomic E-state index is -0.446. The molecule has 82 valence electrons. The fourth-order valence-corrected chi connectivity index (χ4v) is 1.83. The Labute approximate surface area is 111 Å². The summed E-state index contributed by atoms with van der Waals surface area (Å²) in [7, 11) is 0. The van der Waals surface area contributed by atoms with Crippen molar-refractivity contribution in [2.75, 3.05) is 11.2 Å². The Balaban J connectivity index is 3.21. The molecule has 0 fully saturated rings. The Morgan fingerprint density at radius 2 is 1.60 bits per heavy atom. The molecule has 2 nitrogen and oxygen atoms in total. The van der Waals surface area contributed by atoms with Crippen LogP contribution in [-0.2, 0) is 4.79 Å². The van der Waals surface area contributed by atoms with Crippen LogP contribution in [0.3, 0.4) is 0 Å². The molecular formula is C8H4Cl5NO. The predicted molar refractivity (Wildman–Crippen MR) is 65.8 cm³/mol. The van der Waals surface area contributed by atoms with E-state index in [2.05, 4.69) is 5.32 Å². The molecule has 1 N–H and O–H groups in total. The number of alkyl halides is 1. The van der Waals surface area contributed by atoms with E-state index in [9.17, 15) is 4.79 Å². The Bertz CT molecular complexity index is 380.